The highest BCUT2D eigenvalue weighted by Crippen LogP contribution is 2.13. The average molecular weight is 364 g/mol. The fraction of sp³-hybridized carbons (Fsp3) is 0.870. The van der Waals surface area contributed by atoms with Crippen LogP contribution in [0.25, 0.3) is 0 Å². The minimum Gasteiger partial charge on any atom is -0.340 e. The van der Waals surface area contributed by atoms with Crippen LogP contribution in [-0.2, 0) is 0 Å². The second kappa shape index (κ2) is 16.4. The van der Waals surface area contributed by atoms with E-state index in [-0.39, 0.29) is 6.17 Å². The number of rotatable bonds is 17. The Hall–Kier alpha value is -0.830. The van der Waals surface area contributed by atoms with Crippen molar-refractivity contribution < 1.29 is 0 Å². The number of unbranched alkanes of at least 4 members (excludes halogenated alkanes) is 14. The van der Waals surface area contributed by atoms with Gasteiger partial charge in [-0.15, -0.1) is 0 Å². The Kier molecular flexibility index (Phi) is 14.6. The fourth-order valence-electron chi connectivity index (χ4n) is 3.68. The molecule has 0 saturated heterocycles. The molecule has 1 rings (SSSR count). The van der Waals surface area contributed by atoms with E-state index >= 15 is 0 Å². The fourth-order valence-corrected chi connectivity index (χ4v) is 3.68. The van der Waals surface area contributed by atoms with Crippen LogP contribution in [0.4, 0.5) is 0 Å². The van der Waals surface area contributed by atoms with E-state index in [0.29, 0.717) is 0 Å². The number of nitrogens with two attached hydrogens (primary N) is 1. The van der Waals surface area contributed by atoms with Crippen LogP contribution < -0.4 is 5.73 Å². The first-order valence-electron chi connectivity index (χ1n) is 11.5. The number of amidine groups is 1. The quantitative estimate of drug-likeness (QED) is 0.302. The number of nitrogens with zero attached hydrogens (tertiary/aromatic N) is 2. The molecule has 2 N–H and O–H groups in total. The predicted molar refractivity (Wildman–Crippen MR) is 117 cm³/mol. The smallest absolute Gasteiger partial charge is 0.124 e. The molecule has 0 fully saturated rings. The van der Waals surface area contributed by atoms with E-state index in [1.54, 1.807) is 0 Å². The van der Waals surface area contributed by atoms with Crippen molar-refractivity contribution in [3.8, 4) is 0 Å². The molecule has 0 bridgehead atoms. The Morgan fingerprint density at radius 2 is 1.38 bits per heavy atom. The molecule has 1 unspecified atom stereocenters. The van der Waals surface area contributed by atoms with E-state index < -0.39 is 0 Å². The maximum Gasteiger partial charge on any atom is 0.124 e. The summed E-state index contributed by atoms with van der Waals surface area (Å²) >= 11 is 0. The van der Waals surface area contributed by atoms with Crippen LogP contribution >= 0.6 is 0 Å². The van der Waals surface area contributed by atoms with Crippen LogP contribution in [0.3, 0.4) is 0 Å². The molecule has 1 aliphatic rings. The zero-order chi connectivity index (χ0) is 18.9. The van der Waals surface area contributed by atoms with Gasteiger partial charge in [-0.2, -0.15) is 0 Å². The van der Waals surface area contributed by atoms with Crippen molar-refractivity contribution in [1.82, 2.24) is 4.90 Å². The van der Waals surface area contributed by atoms with Crippen molar-refractivity contribution in [2.24, 2.45) is 10.7 Å². The van der Waals surface area contributed by atoms with E-state index in [9.17, 15) is 0 Å². The number of aliphatic imine (C=N–C) groups is 1. The second-order valence-electron chi connectivity index (χ2n) is 7.96. The zero-order valence-electron chi connectivity index (χ0n) is 17.7. The lowest BCUT2D eigenvalue weighted by Crippen LogP contribution is -2.41. The molecule has 0 aromatic heterocycles. The first-order valence-corrected chi connectivity index (χ1v) is 11.5. The van der Waals surface area contributed by atoms with Gasteiger partial charge in [-0.25, -0.2) is 0 Å². The standard InChI is InChI=1S/C23H45N3/c1-3-4-5-6-7-8-9-10-11-12-13-14-15-16-17-18-19-23-25-20-21-26(23)22(2)24/h18-19,22H,3-17,20-21,24H2,1-2H3. The Bertz CT molecular complexity index is 374. The molecule has 1 aliphatic heterocycles. The van der Waals surface area contributed by atoms with Gasteiger partial charge in [0.25, 0.3) is 0 Å². The molecule has 3 heteroatoms. The highest BCUT2D eigenvalue weighted by molar-refractivity contribution is 5.94. The van der Waals surface area contributed by atoms with Crippen LogP contribution in [0.5, 0.6) is 0 Å². The van der Waals surface area contributed by atoms with Gasteiger partial charge in [-0.05, 0) is 25.8 Å². The van der Waals surface area contributed by atoms with Gasteiger partial charge in [0.2, 0.25) is 0 Å². The van der Waals surface area contributed by atoms with Gasteiger partial charge in [0, 0.05) is 6.54 Å². The van der Waals surface area contributed by atoms with Gasteiger partial charge in [0.05, 0.1) is 12.7 Å². The third-order valence-electron chi connectivity index (χ3n) is 5.39. The van der Waals surface area contributed by atoms with E-state index in [1.165, 1.54) is 96.3 Å². The minimum atomic E-state index is 0.0713. The molecule has 152 valence electrons. The lowest BCUT2D eigenvalue weighted by atomic mass is 10.0. The first kappa shape index (κ1) is 23.2. The van der Waals surface area contributed by atoms with Gasteiger partial charge in [0.15, 0.2) is 0 Å². The lowest BCUT2D eigenvalue weighted by molar-refractivity contribution is 0.367. The molecule has 0 aliphatic carbocycles. The third kappa shape index (κ3) is 11.7. The van der Waals surface area contributed by atoms with Crippen molar-refractivity contribution >= 4 is 5.84 Å². The maximum absolute atomic E-state index is 5.96. The summed E-state index contributed by atoms with van der Waals surface area (Å²) in [5.41, 5.74) is 5.96. The lowest BCUT2D eigenvalue weighted by Gasteiger charge is -2.22. The van der Waals surface area contributed by atoms with Crippen LogP contribution in [0, 0.1) is 0 Å². The van der Waals surface area contributed by atoms with Gasteiger partial charge in [0.1, 0.15) is 5.84 Å². The third-order valence-corrected chi connectivity index (χ3v) is 5.39. The number of hydrogen-bond acceptors (Lipinski definition) is 3. The summed E-state index contributed by atoms with van der Waals surface area (Å²) in [6.45, 7) is 6.18. The van der Waals surface area contributed by atoms with Crippen molar-refractivity contribution in [3.63, 3.8) is 0 Å². The second-order valence-corrected chi connectivity index (χ2v) is 7.96. The summed E-state index contributed by atoms with van der Waals surface area (Å²) in [4.78, 5) is 6.70. The van der Waals surface area contributed by atoms with Crippen LogP contribution in [0.15, 0.2) is 17.1 Å². The molecule has 0 spiro atoms. The topological polar surface area (TPSA) is 41.6 Å². The molecule has 1 atom stereocenters. The molecule has 0 aromatic carbocycles. The average Bonchev–Trinajstić information content (AvgIpc) is 3.10. The maximum atomic E-state index is 5.96. The SMILES string of the molecule is CCCCCCCCCCCCCCCCC=CC1=NCCN1C(C)N. The first-order chi connectivity index (χ1) is 12.8. The molecule has 0 amide bonds. The summed E-state index contributed by atoms with van der Waals surface area (Å²) in [5, 5.41) is 0. The van der Waals surface area contributed by atoms with Crippen LogP contribution in [-0.4, -0.2) is 30.0 Å². The minimum absolute atomic E-state index is 0.0713. The van der Waals surface area contributed by atoms with Crippen molar-refractivity contribution in [2.45, 2.75) is 116 Å². The van der Waals surface area contributed by atoms with Crippen molar-refractivity contribution in [2.75, 3.05) is 13.1 Å². The highest BCUT2D eigenvalue weighted by Gasteiger charge is 2.16. The van der Waals surface area contributed by atoms with E-state index in [4.69, 9.17) is 5.73 Å². The van der Waals surface area contributed by atoms with Gasteiger partial charge in [-0.1, -0.05) is 96.5 Å². The van der Waals surface area contributed by atoms with Gasteiger partial charge >= 0.3 is 0 Å². The van der Waals surface area contributed by atoms with Crippen molar-refractivity contribution in [3.05, 3.63) is 12.2 Å². The summed E-state index contributed by atoms with van der Waals surface area (Å²) in [6.07, 6.45) is 25.6. The van der Waals surface area contributed by atoms with Crippen molar-refractivity contribution in [1.29, 1.82) is 0 Å². The zero-order valence-corrected chi connectivity index (χ0v) is 17.7. The molecule has 0 radical (unpaired) electrons. The molecular formula is C23H45N3. The molecule has 3 nitrogen and oxygen atoms in total. The van der Waals surface area contributed by atoms with Crippen LogP contribution in [0.2, 0.25) is 0 Å². The normalized spacial score (nSPS) is 15.8. The Morgan fingerprint density at radius 3 is 1.88 bits per heavy atom. The monoisotopic (exact) mass is 363 g/mol. The molecular weight excluding hydrogens is 318 g/mol. The summed E-state index contributed by atoms with van der Waals surface area (Å²) < 4.78 is 0. The molecule has 0 aromatic rings. The van der Waals surface area contributed by atoms with E-state index in [1.807, 2.05) is 6.92 Å². The highest BCUT2D eigenvalue weighted by atomic mass is 15.3. The summed E-state index contributed by atoms with van der Waals surface area (Å²) in [6, 6.07) is 0. The van der Waals surface area contributed by atoms with Gasteiger partial charge < -0.3 is 10.6 Å². The largest absolute Gasteiger partial charge is 0.340 e. The summed E-state index contributed by atoms with van der Waals surface area (Å²) in [7, 11) is 0. The predicted octanol–water partition coefficient (Wildman–Crippen LogP) is 6.43. The van der Waals surface area contributed by atoms with Gasteiger partial charge in [-0.3, -0.25) is 4.99 Å². The molecule has 0 saturated carbocycles. The molecule has 1 heterocycles. The number of hydrogen-bond donors (Lipinski definition) is 1. The van der Waals surface area contributed by atoms with E-state index in [0.717, 1.165) is 18.9 Å². The summed E-state index contributed by atoms with van der Waals surface area (Å²) in [5.74, 6) is 1.07. The number of allylic oxidation sites excluding steroid dienone is 1. The Labute approximate surface area is 163 Å². The Balaban J connectivity index is 1.82. The van der Waals surface area contributed by atoms with Crippen LogP contribution in [0.1, 0.15) is 110 Å². The molecule has 26 heavy (non-hydrogen) atoms. The van der Waals surface area contributed by atoms with E-state index in [2.05, 4.69) is 29.0 Å². The Morgan fingerprint density at radius 1 is 0.885 bits per heavy atom.